The highest BCUT2D eigenvalue weighted by atomic mass is 16.5. The number of aliphatic carboxylic acids is 1. The van der Waals surface area contributed by atoms with E-state index < -0.39 is 12.0 Å². The smallest absolute Gasteiger partial charge is 0.320 e. The largest absolute Gasteiger partial charge is 0.492 e. The van der Waals surface area contributed by atoms with Crippen LogP contribution in [0.15, 0.2) is 30.3 Å². The Labute approximate surface area is 126 Å². The molecule has 0 saturated carbocycles. The number of carboxylic acids is 1. The minimum Gasteiger partial charge on any atom is -0.492 e. The van der Waals surface area contributed by atoms with E-state index in [-0.39, 0.29) is 5.92 Å². The van der Waals surface area contributed by atoms with Crippen LogP contribution in [0.1, 0.15) is 32.8 Å². The van der Waals surface area contributed by atoms with Crippen molar-refractivity contribution in [1.82, 2.24) is 5.32 Å². The third-order valence-corrected chi connectivity index (χ3v) is 3.11. The summed E-state index contributed by atoms with van der Waals surface area (Å²) in [7, 11) is 0. The lowest BCUT2D eigenvalue weighted by Crippen LogP contribution is -2.42. The summed E-state index contributed by atoms with van der Waals surface area (Å²) in [6, 6.07) is 7.29. The molecule has 0 aliphatic carbocycles. The van der Waals surface area contributed by atoms with Crippen molar-refractivity contribution in [3.8, 4) is 5.75 Å². The first kappa shape index (κ1) is 17.2. The second-order valence-corrected chi connectivity index (χ2v) is 5.21. The van der Waals surface area contributed by atoms with E-state index in [1.165, 1.54) is 0 Å². The van der Waals surface area contributed by atoms with Gasteiger partial charge in [-0.3, -0.25) is 4.79 Å². The molecule has 21 heavy (non-hydrogen) atoms. The molecule has 2 N–H and O–H groups in total. The van der Waals surface area contributed by atoms with Crippen molar-refractivity contribution < 1.29 is 14.6 Å². The summed E-state index contributed by atoms with van der Waals surface area (Å²) < 4.78 is 5.74. The number of rotatable bonds is 9. The molecule has 4 nitrogen and oxygen atoms in total. The summed E-state index contributed by atoms with van der Waals surface area (Å²) >= 11 is 0. The number of carbonyl (C=O) groups is 1. The van der Waals surface area contributed by atoms with Gasteiger partial charge in [-0.05, 0) is 18.4 Å². The molecule has 4 heteroatoms. The zero-order valence-corrected chi connectivity index (χ0v) is 13.0. The quantitative estimate of drug-likeness (QED) is 0.686. The molecule has 0 fully saturated rings. The molecule has 0 heterocycles. The fraction of sp³-hybridized carbons (Fsp3) is 0.471. The molecule has 0 aliphatic rings. The van der Waals surface area contributed by atoms with Gasteiger partial charge in [0.2, 0.25) is 0 Å². The zero-order valence-electron chi connectivity index (χ0n) is 13.0. The third kappa shape index (κ3) is 6.00. The van der Waals surface area contributed by atoms with Crippen molar-refractivity contribution in [2.45, 2.75) is 33.2 Å². The lowest BCUT2D eigenvalue weighted by molar-refractivity contribution is -0.140. The van der Waals surface area contributed by atoms with Crippen LogP contribution in [-0.2, 0) is 4.79 Å². The Morgan fingerprint density at radius 3 is 2.71 bits per heavy atom. The Balaban J connectivity index is 2.49. The maximum atomic E-state index is 11.1. The number of hydrogen-bond acceptors (Lipinski definition) is 3. The summed E-state index contributed by atoms with van der Waals surface area (Å²) in [6.45, 7) is 6.80. The fourth-order valence-corrected chi connectivity index (χ4v) is 1.98. The molecule has 1 aromatic carbocycles. The van der Waals surface area contributed by atoms with Crippen molar-refractivity contribution in [2.75, 3.05) is 13.2 Å². The normalized spacial score (nSPS) is 12.8. The van der Waals surface area contributed by atoms with Crippen LogP contribution < -0.4 is 10.1 Å². The van der Waals surface area contributed by atoms with E-state index in [2.05, 4.69) is 18.3 Å². The highest BCUT2D eigenvalue weighted by Crippen LogP contribution is 2.19. The van der Waals surface area contributed by atoms with E-state index >= 15 is 0 Å². The zero-order chi connectivity index (χ0) is 15.7. The van der Waals surface area contributed by atoms with E-state index in [0.29, 0.717) is 13.2 Å². The standard InChI is InChI=1S/C17H25NO3/c1-4-5-8-14-9-6-7-10-15(14)21-12-11-18-16(13(2)3)17(19)20/h5-10,13,16,18H,4,11-12H2,1-3H3,(H,19,20)/b8-5+/t16-/m0/s1. The predicted octanol–water partition coefficient (Wildman–Crippen LogP) is 3.19. The molecule has 0 aromatic heterocycles. The van der Waals surface area contributed by atoms with Crippen LogP contribution in [0, 0.1) is 5.92 Å². The molecule has 0 aliphatic heterocycles. The summed E-state index contributed by atoms with van der Waals surface area (Å²) in [5.41, 5.74) is 1.04. The Morgan fingerprint density at radius 2 is 2.10 bits per heavy atom. The number of benzene rings is 1. The van der Waals surface area contributed by atoms with E-state index in [9.17, 15) is 4.79 Å². The van der Waals surface area contributed by atoms with Gasteiger partial charge < -0.3 is 15.2 Å². The van der Waals surface area contributed by atoms with E-state index in [4.69, 9.17) is 9.84 Å². The molecule has 0 saturated heterocycles. The van der Waals surface area contributed by atoms with Gasteiger partial charge in [-0.15, -0.1) is 0 Å². The maximum Gasteiger partial charge on any atom is 0.320 e. The van der Waals surface area contributed by atoms with Crippen molar-refractivity contribution >= 4 is 12.0 Å². The van der Waals surface area contributed by atoms with Gasteiger partial charge in [0.15, 0.2) is 0 Å². The number of para-hydroxylation sites is 1. The van der Waals surface area contributed by atoms with Crippen molar-refractivity contribution in [3.63, 3.8) is 0 Å². The number of nitrogens with one attached hydrogen (secondary N) is 1. The molecule has 0 radical (unpaired) electrons. The Kier molecular flexibility index (Phi) is 7.54. The van der Waals surface area contributed by atoms with Gasteiger partial charge in [-0.25, -0.2) is 0 Å². The van der Waals surface area contributed by atoms with Crippen LogP contribution >= 0.6 is 0 Å². The Bertz CT molecular complexity index is 469. The van der Waals surface area contributed by atoms with Crippen LogP contribution in [0.3, 0.4) is 0 Å². The van der Waals surface area contributed by atoms with E-state index in [0.717, 1.165) is 17.7 Å². The third-order valence-electron chi connectivity index (χ3n) is 3.11. The second kappa shape index (κ2) is 9.19. The molecule has 0 unspecified atom stereocenters. The van der Waals surface area contributed by atoms with E-state index in [1.54, 1.807) is 0 Å². The SMILES string of the molecule is CC/C=C/c1ccccc1OCCN[C@H](C(=O)O)C(C)C. The molecular formula is C17H25NO3. The van der Waals surface area contributed by atoms with Crippen molar-refractivity contribution in [3.05, 3.63) is 35.9 Å². The van der Waals surface area contributed by atoms with Crippen LogP contribution in [0.25, 0.3) is 6.08 Å². The highest BCUT2D eigenvalue weighted by molar-refractivity contribution is 5.73. The van der Waals surface area contributed by atoms with Gasteiger partial charge >= 0.3 is 5.97 Å². The van der Waals surface area contributed by atoms with Gasteiger partial charge in [0.25, 0.3) is 0 Å². The monoisotopic (exact) mass is 291 g/mol. The molecule has 1 aromatic rings. The van der Waals surface area contributed by atoms with Gasteiger partial charge in [0, 0.05) is 12.1 Å². The molecule has 1 atom stereocenters. The van der Waals surface area contributed by atoms with Gasteiger partial charge in [0.05, 0.1) is 0 Å². The minimum atomic E-state index is -0.823. The summed E-state index contributed by atoms with van der Waals surface area (Å²) in [6.07, 6.45) is 5.10. The van der Waals surface area contributed by atoms with Crippen molar-refractivity contribution in [2.24, 2.45) is 5.92 Å². The van der Waals surface area contributed by atoms with Crippen molar-refractivity contribution in [1.29, 1.82) is 0 Å². The number of carboxylic acid groups (broad SMARTS) is 1. The minimum absolute atomic E-state index is 0.0438. The van der Waals surface area contributed by atoms with Crippen LogP contribution in [0.4, 0.5) is 0 Å². The first-order chi connectivity index (χ1) is 10.1. The van der Waals surface area contributed by atoms with Crippen LogP contribution in [-0.4, -0.2) is 30.3 Å². The topological polar surface area (TPSA) is 58.6 Å². The Hall–Kier alpha value is -1.81. The summed E-state index contributed by atoms with van der Waals surface area (Å²) in [5, 5.41) is 12.1. The molecule has 0 bridgehead atoms. The van der Waals surface area contributed by atoms with Gasteiger partial charge in [-0.1, -0.05) is 51.1 Å². The lowest BCUT2D eigenvalue weighted by atomic mass is 10.1. The van der Waals surface area contributed by atoms with E-state index in [1.807, 2.05) is 44.2 Å². The summed E-state index contributed by atoms with van der Waals surface area (Å²) in [4.78, 5) is 11.1. The average molecular weight is 291 g/mol. The van der Waals surface area contributed by atoms with Crippen LogP contribution in [0.5, 0.6) is 5.75 Å². The number of ether oxygens (including phenoxy) is 1. The second-order valence-electron chi connectivity index (χ2n) is 5.21. The summed E-state index contributed by atoms with van der Waals surface area (Å²) in [5.74, 6) is 0.0407. The molecule has 0 spiro atoms. The first-order valence-corrected chi connectivity index (χ1v) is 7.40. The fourth-order valence-electron chi connectivity index (χ4n) is 1.98. The first-order valence-electron chi connectivity index (χ1n) is 7.40. The molecule has 0 amide bonds. The average Bonchev–Trinajstić information content (AvgIpc) is 2.45. The number of allylic oxidation sites excluding steroid dienone is 1. The van der Waals surface area contributed by atoms with Crippen LogP contribution in [0.2, 0.25) is 0 Å². The lowest BCUT2D eigenvalue weighted by Gasteiger charge is -2.18. The predicted molar refractivity (Wildman–Crippen MR) is 85.5 cm³/mol. The van der Waals surface area contributed by atoms with Gasteiger partial charge in [-0.2, -0.15) is 0 Å². The van der Waals surface area contributed by atoms with Gasteiger partial charge in [0.1, 0.15) is 18.4 Å². The molecular weight excluding hydrogens is 266 g/mol. The molecule has 1 rings (SSSR count). The Morgan fingerprint density at radius 1 is 1.38 bits per heavy atom. The molecule has 116 valence electrons. The number of hydrogen-bond donors (Lipinski definition) is 2. The highest BCUT2D eigenvalue weighted by Gasteiger charge is 2.20. The maximum absolute atomic E-state index is 11.1.